The topological polar surface area (TPSA) is 50.8 Å². The van der Waals surface area contributed by atoms with Crippen LogP contribution in [-0.4, -0.2) is 20.1 Å². The van der Waals surface area contributed by atoms with E-state index in [2.05, 4.69) is 22.3 Å². The number of esters is 1. The Kier molecular flexibility index (Phi) is 4.42. The highest BCUT2D eigenvalue weighted by Gasteiger charge is 2.53. The van der Waals surface area contributed by atoms with E-state index >= 15 is 0 Å². The van der Waals surface area contributed by atoms with Crippen LogP contribution in [0.15, 0.2) is 84.9 Å². The van der Waals surface area contributed by atoms with E-state index in [0.717, 1.165) is 45.1 Å². The average molecular weight is 449 g/mol. The Morgan fingerprint density at radius 1 is 0.794 bits per heavy atom. The first-order valence-electron chi connectivity index (χ1n) is 11.3. The number of hydrogen-bond donors (Lipinski definition) is 1. The van der Waals surface area contributed by atoms with Crippen LogP contribution >= 0.6 is 0 Å². The number of para-hydroxylation sites is 1. The summed E-state index contributed by atoms with van der Waals surface area (Å²) in [5.41, 5.74) is 6.05. The average Bonchev–Trinajstić information content (AvgIpc) is 3.13. The monoisotopic (exact) mass is 448 g/mol. The molecule has 4 aromatic carbocycles. The molecule has 0 aliphatic carbocycles. The van der Waals surface area contributed by atoms with E-state index in [1.807, 2.05) is 93.8 Å². The van der Waals surface area contributed by atoms with E-state index in [9.17, 15) is 4.79 Å². The largest absolute Gasteiger partial charge is 0.456 e. The summed E-state index contributed by atoms with van der Waals surface area (Å²) < 4.78 is 12.7. The summed E-state index contributed by atoms with van der Waals surface area (Å²) >= 11 is 0. The maximum absolute atomic E-state index is 12.9. The first-order chi connectivity index (χ1) is 16.5. The maximum Gasteiger partial charge on any atom is 0.340 e. The minimum Gasteiger partial charge on any atom is -0.456 e. The zero-order valence-corrected chi connectivity index (χ0v) is 19.3. The van der Waals surface area contributed by atoms with Crippen LogP contribution in [0.2, 0.25) is 0 Å². The minimum atomic E-state index is -1.03. The Bertz CT molecular complexity index is 1440. The van der Waals surface area contributed by atoms with E-state index in [1.54, 1.807) is 0 Å². The third kappa shape index (κ3) is 2.90. The smallest absolute Gasteiger partial charge is 0.340 e. The van der Waals surface area contributed by atoms with Gasteiger partial charge in [0.2, 0.25) is 0 Å². The predicted octanol–water partition coefficient (Wildman–Crippen LogP) is 6.37. The summed E-state index contributed by atoms with van der Waals surface area (Å²) in [7, 11) is 4.04. The van der Waals surface area contributed by atoms with E-state index in [0.29, 0.717) is 11.3 Å². The number of rotatable bonds is 3. The number of carbonyl (C=O) groups excluding carboxylic acids is 1. The van der Waals surface area contributed by atoms with Crippen molar-refractivity contribution in [1.82, 2.24) is 0 Å². The molecule has 34 heavy (non-hydrogen) atoms. The standard InChI is InChI=1S/C29H24N2O3/c1-18-7-6-10-25-27(18)33-26-17-20(30-19-11-14-21(15-12-19)31(2)3)13-16-24(26)29(25)23-9-5-4-8-22(23)28(32)34-29/h4-17,30H,1-3H3. The molecule has 2 heterocycles. The van der Waals surface area contributed by atoms with Crippen LogP contribution in [-0.2, 0) is 10.3 Å². The molecule has 0 bridgehead atoms. The molecule has 5 heteroatoms. The fourth-order valence-corrected chi connectivity index (χ4v) is 4.92. The van der Waals surface area contributed by atoms with E-state index in [-0.39, 0.29) is 5.97 Å². The van der Waals surface area contributed by atoms with Crippen molar-refractivity contribution in [3.05, 3.63) is 113 Å². The molecular formula is C29H24N2O3. The Labute approximate surface area is 198 Å². The van der Waals surface area contributed by atoms with Crippen molar-refractivity contribution >= 4 is 23.0 Å². The van der Waals surface area contributed by atoms with Gasteiger partial charge in [0, 0.05) is 53.9 Å². The molecule has 0 saturated carbocycles. The third-order valence-corrected chi connectivity index (χ3v) is 6.61. The second-order valence-corrected chi connectivity index (χ2v) is 8.95. The predicted molar refractivity (Wildman–Crippen MR) is 133 cm³/mol. The Morgan fingerprint density at radius 3 is 2.32 bits per heavy atom. The fraction of sp³-hybridized carbons (Fsp3) is 0.138. The maximum atomic E-state index is 12.9. The van der Waals surface area contributed by atoms with Gasteiger partial charge in [0.1, 0.15) is 11.5 Å². The minimum absolute atomic E-state index is 0.320. The molecule has 1 N–H and O–H groups in total. The SMILES string of the molecule is Cc1cccc2c1Oc1cc(Nc3ccc(N(C)C)cc3)ccc1C21OC(=O)c2ccccc21. The molecule has 0 saturated heterocycles. The molecule has 0 radical (unpaired) electrons. The number of carbonyl (C=O) groups is 1. The number of nitrogens with zero attached hydrogens (tertiary/aromatic N) is 1. The lowest BCUT2D eigenvalue weighted by Crippen LogP contribution is -2.33. The van der Waals surface area contributed by atoms with Gasteiger partial charge in [0.25, 0.3) is 0 Å². The number of hydrogen-bond acceptors (Lipinski definition) is 5. The number of ether oxygens (including phenoxy) is 2. The highest BCUT2D eigenvalue weighted by Crippen LogP contribution is 2.57. The van der Waals surface area contributed by atoms with Gasteiger partial charge >= 0.3 is 5.97 Å². The molecule has 1 spiro atoms. The molecule has 0 amide bonds. The summed E-state index contributed by atoms with van der Waals surface area (Å²) in [5, 5.41) is 3.46. The molecule has 4 aromatic rings. The zero-order valence-electron chi connectivity index (χ0n) is 19.3. The zero-order chi connectivity index (χ0) is 23.4. The summed E-state index contributed by atoms with van der Waals surface area (Å²) in [6.07, 6.45) is 0. The van der Waals surface area contributed by atoms with Gasteiger partial charge in [-0.15, -0.1) is 0 Å². The van der Waals surface area contributed by atoms with Crippen LogP contribution < -0.4 is 15.0 Å². The lowest BCUT2D eigenvalue weighted by atomic mass is 9.77. The van der Waals surface area contributed by atoms with Crippen LogP contribution in [0.5, 0.6) is 11.5 Å². The first kappa shape index (κ1) is 20.4. The van der Waals surface area contributed by atoms with Crippen LogP contribution in [0.3, 0.4) is 0 Å². The van der Waals surface area contributed by atoms with Gasteiger partial charge < -0.3 is 19.7 Å². The lowest BCUT2D eigenvalue weighted by molar-refractivity contribution is 0.0224. The van der Waals surface area contributed by atoms with Crippen molar-refractivity contribution in [3.8, 4) is 11.5 Å². The van der Waals surface area contributed by atoms with Gasteiger partial charge in [-0.25, -0.2) is 4.79 Å². The normalized spacial score (nSPS) is 17.3. The molecule has 168 valence electrons. The first-order valence-corrected chi connectivity index (χ1v) is 11.3. The van der Waals surface area contributed by atoms with Crippen LogP contribution in [0.1, 0.15) is 32.6 Å². The van der Waals surface area contributed by atoms with Crippen molar-refractivity contribution in [2.45, 2.75) is 12.5 Å². The number of fused-ring (bicyclic) bond motifs is 6. The summed E-state index contributed by atoms with van der Waals surface area (Å²) in [6, 6.07) is 27.8. The van der Waals surface area contributed by atoms with Crippen molar-refractivity contribution in [1.29, 1.82) is 0 Å². The molecule has 0 fully saturated rings. The highest BCUT2D eigenvalue weighted by atomic mass is 16.6. The molecular weight excluding hydrogens is 424 g/mol. The van der Waals surface area contributed by atoms with E-state index in [1.165, 1.54) is 0 Å². The quantitative estimate of drug-likeness (QED) is 0.369. The van der Waals surface area contributed by atoms with Crippen LogP contribution in [0, 0.1) is 6.92 Å². The summed E-state index contributed by atoms with van der Waals surface area (Å²) in [5.74, 6) is 1.08. The second kappa shape index (κ2) is 7.39. The fourth-order valence-electron chi connectivity index (χ4n) is 4.92. The summed E-state index contributed by atoms with van der Waals surface area (Å²) in [6.45, 7) is 2.01. The van der Waals surface area contributed by atoms with Crippen LogP contribution in [0.4, 0.5) is 17.1 Å². The molecule has 0 aromatic heterocycles. The van der Waals surface area contributed by atoms with Gasteiger partial charge in [0.05, 0.1) is 5.56 Å². The van der Waals surface area contributed by atoms with E-state index in [4.69, 9.17) is 9.47 Å². The molecule has 2 aliphatic heterocycles. The third-order valence-electron chi connectivity index (χ3n) is 6.61. The van der Waals surface area contributed by atoms with Gasteiger partial charge in [-0.2, -0.15) is 0 Å². The van der Waals surface area contributed by atoms with Gasteiger partial charge in [-0.1, -0.05) is 36.4 Å². The lowest BCUT2D eigenvalue weighted by Gasteiger charge is -2.37. The molecule has 1 atom stereocenters. The van der Waals surface area contributed by atoms with Crippen molar-refractivity contribution in [3.63, 3.8) is 0 Å². The Morgan fingerprint density at radius 2 is 1.53 bits per heavy atom. The van der Waals surface area contributed by atoms with E-state index < -0.39 is 5.60 Å². The number of anilines is 3. The van der Waals surface area contributed by atoms with Crippen molar-refractivity contribution in [2.24, 2.45) is 0 Å². The van der Waals surface area contributed by atoms with Crippen molar-refractivity contribution in [2.75, 3.05) is 24.3 Å². The Balaban J connectivity index is 1.48. The van der Waals surface area contributed by atoms with Crippen LogP contribution in [0.25, 0.3) is 0 Å². The van der Waals surface area contributed by atoms with Crippen molar-refractivity contribution < 1.29 is 14.3 Å². The van der Waals surface area contributed by atoms with Gasteiger partial charge in [-0.3, -0.25) is 0 Å². The second-order valence-electron chi connectivity index (χ2n) is 8.95. The summed E-state index contributed by atoms with van der Waals surface area (Å²) in [4.78, 5) is 15.0. The molecule has 2 aliphatic rings. The number of aryl methyl sites for hydroxylation is 1. The molecule has 6 rings (SSSR count). The molecule has 1 unspecified atom stereocenters. The van der Waals surface area contributed by atoms with Gasteiger partial charge in [0.15, 0.2) is 5.60 Å². The van der Waals surface area contributed by atoms with Gasteiger partial charge in [-0.05, 0) is 55.0 Å². The number of benzene rings is 4. The number of nitrogens with one attached hydrogen (secondary N) is 1. The highest BCUT2D eigenvalue weighted by molar-refractivity contribution is 5.97. The Hall–Kier alpha value is -4.25. The molecule has 5 nitrogen and oxygen atoms in total.